The minimum atomic E-state index is -3.63. The first-order valence-corrected chi connectivity index (χ1v) is 10.5. The number of nitrogens with zero attached hydrogens (tertiary/aromatic N) is 5. The van der Waals surface area contributed by atoms with Crippen LogP contribution in [0.2, 0.25) is 0 Å². The maximum absolute atomic E-state index is 12.9. The van der Waals surface area contributed by atoms with Crippen LogP contribution in [0.25, 0.3) is 5.69 Å². The van der Waals surface area contributed by atoms with E-state index in [-0.39, 0.29) is 19.6 Å². The summed E-state index contributed by atoms with van der Waals surface area (Å²) >= 11 is 0. The Hall–Kier alpha value is -2.43. The maximum Gasteiger partial charge on any atom is 0.409 e. The highest BCUT2D eigenvalue weighted by atomic mass is 32.2. The van der Waals surface area contributed by atoms with E-state index in [9.17, 15) is 13.2 Å². The van der Waals surface area contributed by atoms with Crippen LogP contribution in [0, 0.1) is 0 Å². The van der Waals surface area contributed by atoms with Gasteiger partial charge in [-0.05, 0) is 19.1 Å². The number of amides is 1. The summed E-state index contributed by atoms with van der Waals surface area (Å²) in [5.74, 6) is 0. The van der Waals surface area contributed by atoms with Gasteiger partial charge in [-0.2, -0.15) is 22.1 Å². The van der Waals surface area contributed by atoms with Gasteiger partial charge < -0.3 is 9.64 Å². The third-order valence-electron chi connectivity index (χ3n) is 4.55. The van der Waals surface area contributed by atoms with Crippen molar-refractivity contribution in [3.8, 4) is 5.69 Å². The summed E-state index contributed by atoms with van der Waals surface area (Å²) in [6.07, 6.45) is 3.08. The Morgan fingerprint density at radius 2 is 1.86 bits per heavy atom. The van der Waals surface area contributed by atoms with Gasteiger partial charge in [-0.1, -0.05) is 18.2 Å². The lowest BCUT2D eigenvalue weighted by molar-refractivity contribution is 0.0925. The second-order valence-electron chi connectivity index (χ2n) is 6.48. The molecule has 0 bridgehead atoms. The van der Waals surface area contributed by atoms with Gasteiger partial charge in [-0.25, -0.2) is 9.48 Å². The molecule has 0 radical (unpaired) electrons. The molecule has 1 saturated heterocycles. The molecular weight excluding hydrogens is 382 g/mol. The third-order valence-corrected chi connectivity index (χ3v) is 6.48. The van der Waals surface area contributed by atoms with Gasteiger partial charge in [0.15, 0.2) is 0 Å². The molecule has 0 saturated carbocycles. The van der Waals surface area contributed by atoms with Crippen LogP contribution in [0.15, 0.2) is 42.7 Å². The number of piperazine rings is 1. The number of aromatic nitrogens is 2. The SMILES string of the molecule is CCOC(=O)N1CCN(S(=O)(=O)N(C)Cc2cnn(-c3ccccc3)c2)CC1. The van der Waals surface area contributed by atoms with Gasteiger partial charge in [0.05, 0.1) is 18.5 Å². The van der Waals surface area contributed by atoms with E-state index in [0.29, 0.717) is 19.7 Å². The molecule has 0 N–H and O–H groups in total. The summed E-state index contributed by atoms with van der Waals surface area (Å²) in [4.78, 5) is 13.3. The van der Waals surface area contributed by atoms with E-state index in [1.165, 1.54) is 13.5 Å². The molecule has 1 aromatic carbocycles. The van der Waals surface area contributed by atoms with Crippen molar-refractivity contribution in [1.29, 1.82) is 0 Å². The van der Waals surface area contributed by atoms with Crippen molar-refractivity contribution in [2.75, 3.05) is 39.8 Å². The van der Waals surface area contributed by atoms with E-state index in [1.54, 1.807) is 24.9 Å². The van der Waals surface area contributed by atoms with Crippen molar-refractivity contribution in [1.82, 2.24) is 23.3 Å². The third kappa shape index (κ3) is 4.51. The quantitative estimate of drug-likeness (QED) is 0.721. The van der Waals surface area contributed by atoms with Gasteiger partial charge in [0.25, 0.3) is 10.2 Å². The lowest BCUT2D eigenvalue weighted by Crippen LogP contribution is -2.53. The van der Waals surface area contributed by atoms with Gasteiger partial charge in [0, 0.05) is 51.5 Å². The predicted octanol–water partition coefficient (Wildman–Crippen LogP) is 1.32. The number of para-hydroxylation sites is 1. The Morgan fingerprint density at radius 3 is 2.50 bits per heavy atom. The highest BCUT2D eigenvalue weighted by Crippen LogP contribution is 2.15. The van der Waals surface area contributed by atoms with Crippen molar-refractivity contribution in [3.63, 3.8) is 0 Å². The van der Waals surface area contributed by atoms with Crippen molar-refractivity contribution in [2.45, 2.75) is 13.5 Å². The minimum Gasteiger partial charge on any atom is -0.450 e. The fraction of sp³-hybridized carbons (Fsp3) is 0.444. The van der Waals surface area contributed by atoms with Crippen LogP contribution >= 0.6 is 0 Å². The molecule has 0 unspecified atom stereocenters. The summed E-state index contributed by atoms with van der Waals surface area (Å²) in [5.41, 5.74) is 1.70. The summed E-state index contributed by atoms with van der Waals surface area (Å²) in [6, 6.07) is 9.63. The van der Waals surface area contributed by atoms with Crippen LogP contribution in [-0.4, -0.2) is 77.6 Å². The molecule has 0 spiro atoms. The van der Waals surface area contributed by atoms with E-state index < -0.39 is 16.3 Å². The molecule has 2 aromatic rings. The lowest BCUT2D eigenvalue weighted by Gasteiger charge is -2.35. The molecule has 10 heteroatoms. The van der Waals surface area contributed by atoms with Crippen LogP contribution in [0.4, 0.5) is 4.79 Å². The summed E-state index contributed by atoms with van der Waals surface area (Å²) in [5, 5.41) is 4.30. The van der Waals surface area contributed by atoms with Crippen molar-refractivity contribution in [2.24, 2.45) is 0 Å². The largest absolute Gasteiger partial charge is 0.450 e. The average Bonchev–Trinajstić information content (AvgIpc) is 3.17. The summed E-state index contributed by atoms with van der Waals surface area (Å²) < 4.78 is 35.1. The second-order valence-corrected chi connectivity index (χ2v) is 8.51. The molecule has 1 aliphatic rings. The average molecular weight is 407 g/mol. The molecule has 152 valence electrons. The molecule has 0 atom stereocenters. The topological polar surface area (TPSA) is 88.0 Å². The smallest absolute Gasteiger partial charge is 0.409 e. The standard InChI is InChI=1S/C18H25N5O4S/c1-3-27-18(24)21-9-11-22(12-10-21)28(25,26)20(2)14-16-13-19-23(15-16)17-7-5-4-6-8-17/h4-8,13,15H,3,9-12,14H2,1-2H3. The van der Waals surface area contributed by atoms with Gasteiger partial charge >= 0.3 is 6.09 Å². The molecule has 9 nitrogen and oxygen atoms in total. The Bertz CT molecular complexity index is 892. The van der Waals surface area contributed by atoms with Crippen LogP contribution in [-0.2, 0) is 21.5 Å². The molecule has 1 fully saturated rings. The van der Waals surface area contributed by atoms with Gasteiger partial charge in [-0.15, -0.1) is 0 Å². The van der Waals surface area contributed by atoms with Gasteiger partial charge in [0.2, 0.25) is 0 Å². The Morgan fingerprint density at radius 1 is 1.18 bits per heavy atom. The molecule has 28 heavy (non-hydrogen) atoms. The van der Waals surface area contributed by atoms with Crippen LogP contribution < -0.4 is 0 Å². The fourth-order valence-corrected chi connectivity index (χ4v) is 4.35. The summed E-state index contributed by atoms with van der Waals surface area (Å²) in [7, 11) is -2.08. The highest BCUT2D eigenvalue weighted by Gasteiger charge is 2.32. The van der Waals surface area contributed by atoms with E-state index in [4.69, 9.17) is 4.74 Å². The highest BCUT2D eigenvalue weighted by molar-refractivity contribution is 7.86. The maximum atomic E-state index is 12.9. The molecule has 1 amide bonds. The zero-order chi connectivity index (χ0) is 20.1. The minimum absolute atomic E-state index is 0.216. The molecule has 0 aliphatic carbocycles. The monoisotopic (exact) mass is 407 g/mol. The van der Waals surface area contributed by atoms with Crippen LogP contribution in [0.3, 0.4) is 0 Å². The normalized spacial score (nSPS) is 15.8. The van der Waals surface area contributed by atoms with Crippen molar-refractivity contribution >= 4 is 16.3 Å². The summed E-state index contributed by atoms with van der Waals surface area (Å²) in [6.45, 7) is 3.39. The van der Waals surface area contributed by atoms with E-state index >= 15 is 0 Å². The van der Waals surface area contributed by atoms with E-state index in [0.717, 1.165) is 11.3 Å². The zero-order valence-electron chi connectivity index (χ0n) is 16.1. The van der Waals surface area contributed by atoms with Gasteiger partial charge in [0.1, 0.15) is 0 Å². The number of hydrogen-bond donors (Lipinski definition) is 0. The molecular formula is C18H25N5O4S. The number of benzene rings is 1. The lowest BCUT2D eigenvalue weighted by atomic mass is 10.3. The number of ether oxygens (including phenoxy) is 1. The Labute approximate surface area is 165 Å². The first-order chi connectivity index (χ1) is 13.4. The number of carbonyl (C=O) groups excluding carboxylic acids is 1. The Balaban J connectivity index is 1.60. The number of hydrogen-bond acceptors (Lipinski definition) is 5. The molecule has 3 rings (SSSR count). The zero-order valence-corrected chi connectivity index (χ0v) is 16.9. The second kappa shape index (κ2) is 8.72. The number of carbonyl (C=O) groups is 1. The van der Waals surface area contributed by atoms with Crippen molar-refractivity contribution in [3.05, 3.63) is 48.3 Å². The van der Waals surface area contributed by atoms with Crippen LogP contribution in [0.1, 0.15) is 12.5 Å². The molecule has 2 heterocycles. The van der Waals surface area contributed by atoms with E-state index in [2.05, 4.69) is 5.10 Å². The molecule has 1 aliphatic heterocycles. The first-order valence-electron chi connectivity index (χ1n) is 9.14. The van der Waals surface area contributed by atoms with Gasteiger partial charge in [-0.3, -0.25) is 0 Å². The molecule has 1 aromatic heterocycles. The number of rotatable bonds is 6. The first kappa shape index (κ1) is 20.3. The van der Waals surface area contributed by atoms with Crippen LogP contribution in [0.5, 0.6) is 0 Å². The van der Waals surface area contributed by atoms with Crippen molar-refractivity contribution < 1.29 is 17.9 Å². The van der Waals surface area contributed by atoms with E-state index in [1.807, 2.05) is 36.5 Å². The predicted molar refractivity (Wildman–Crippen MR) is 104 cm³/mol. The Kier molecular flexibility index (Phi) is 6.32. The fourth-order valence-electron chi connectivity index (χ4n) is 3.02.